The Kier molecular flexibility index (Phi) is 4.84. The van der Waals surface area contributed by atoms with Gasteiger partial charge in [-0.05, 0) is 0 Å². The van der Waals surface area contributed by atoms with E-state index in [2.05, 4.69) is 6.58 Å². The number of carbonyl (C=O) groups is 3. The molecule has 3 rings (SSSR count). The SMILES string of the molecule is C=C1C(=O)OC2C(OC(C)=O)C(C)C3C(O)CC(O)C3(C)C(OC(C)=O)C12. The van der Waals surface area contributed by atoms with Gasteiger partial charge in [0.05, 0.1) is 18.1 Å². The first-order chi connectivity index (χ1) is 12.5. The van der Waals surface area contributed by atoms with E-state index in [4.69, 9.17) is 14.2 Å². The Balaban J connectivity index is 2.19. The van der Waals surface area contributed by atoms with Crippen LogP contribution in [0, 0.1) is 23.2 Å². The summed E-state index contributed by atoms with van der Waals surface area (Å²) in [5.74, 6) is -3.58. The Morgan fingerprint density at radius 2 is 1.81 bits per heavy atom. The highest BCUT2D eigenvalue weighted by Crippen LogP contribution is 2.58. The molecule has 0 aromatic heterocycles. The Bertz CT molecular complexity index is 687. The minimum absolute atomic E-state index is 0.0920. The lowest BCUT2D eigenvalue weighted by atomic mass is 9.66. The molecule has 1 aliphatic heterocycles. The molecule has 3 fully saturated rings. The quantitative estimate of drug-likeness (QED) is 0.399. The summed E-state index contributed by atoms with van der Waals surface area (Å²) < 4.78 is 16.6. The van der Waals surface area contributed by atoms with E-state index in [0.717, 1.165) is 0 Å². The smallest absolute Gasteiger partial charge is 0.334 e. The number of rotatable bonds is 2. The van der Waals surface area contributed by atoms with Crippen molar-refractivity contribution in [2.45, 2.75) is 64.6 Å². The molecular weight excluding hydrogens is 356 g/mol. The van der Waals surface area contributed by atoms with Crippen LogP contribution in [-0.2, 0) is 28.6 Å². The first-order valence-corrected chi connectivity index (χ1v) is 9.10. The molecule has 2 N–H and O–H groups in total. The zero-order chi connectivity index (χ0) is 20.3. The number of hydrogen-bond acceptors (Lipinski definition) is 8. The third kappa shape index (κ3) is 2.86. The molecule has 9 atom stereocenters. The molecule has 8 heteroatoms. The van der Waals surface area contributed by atoms with Crippen LogP contribution in [0.15, 0.2) is 12.2 Å². The molecule has 0 spiro atoms. The minimum atomic E-state index is -1.07. The predicted molar refractivity (Wildman–Crippen MR) is 91.0 cm³/mol. The molecule has 0 aromatic rings. The molecule has 0 aromatic carbocycles. The van der Waals surface area contributed by atoms with Crippen LogP contribution >= 0.6 is 0 Å². The van der Waals surface area contributed by atoms with Crippen molar-refractivity contribution in [3.63, 3.8) is 0 Å². The maximum absolute atomic E-state index is 12.2. The molecule has 9 unspecified atom stereocenters. The fraction of sp³-hybridized carbons (Fsp3) is 0.737. The van der Waals surface area contributed by atoms with Gasteiger partial charge in [-0.2, -0.15) is 0 Å². The summed E-state index contributed by atoms with van der Waals surface area (Å²) in [4.78, 5) is 35.8. The molecule has 0 amide bonds. The molecule has 27 heavy (non-hydrogen) atoms. The second-order valence-electron chi connectivity index (χ2n) is 8.09. The number of carbonyl (C=O) groups excluding carboxylic acids is 3. The van der Waals surface area contributed by atoms with Crippen molar-refractivity contribution in [3.05, 3.63) is 12.2 Å². The van der Waals surface area contributed by atoms with Crippen LogP contribution in [0.2, 0.25) is 0 Å². The summed E-state index contributed by atoms with van der Waals surface area (Å²) in [6.45, 7) is 9.79. The second-order valence-corrected chi connectivity index (χ2v) is 8.09. The predicted octanol–water partition coefficient (Wildman–Crippen LogP) is 0.345. The van der Waals surface area contributed by atoms with Crippen LogP contribution in [0.3, 0.4) is 0 Å². The van der Waals surface area contributed by atoms with Crippen molar-refractivity contribution in [1.82, 2.24) is 0 Å². The fourth-order valence-corrected chi connectivity index (χ4v) is 5.43. The van der Waals surface area contributed by atoms with Crippen molar-refractivity contribution >= 4 is 17.9 Å². The molecule has 1 saturated heterocycles. The lowest BCUT2D eigenvalue weighted by Crippen LogP contribution is -2.51. The van der Waals surface area contributed by atoms with Crippen LogP contribution in [0.5, 0.6) is 0 Å². The topological polar surface area (TPSA) is 119 Å². The van der Waals surface area contributed by atoms with Crippen LogP contribution in [0.25, 0.3) is 0 Å². The van der Waals surface area contributed by atoms with Gasteiger partial charge in [0.15, 0.2) is 0 Å². The third-order valence-corrected chi connectivity index (χ3v) is 6.52. The summed E-state index contributed by atoms with van der Waals surface area (Å²) in [6, 6.07) is 0. The highest BCUT2D eigenvalue weighted by molar-refractivity contribution is 5.91. The highest BCUT2D eigenvalue weighted by atomic mass is 16.6. The van der Waals surface area contributed by atoms with Crippen LogP contribution in [0.4, 0.5) is 0 Å². The molecule has 8 nitrogen and oxygen atoms in total. The number of esters is 3. The minimum Gasteiger partial charge on any atom is -0.461 e. The maximum Gasteiger partial charge on any atom is 0.334 e. The largest absolute Gasteiger partial charge is 0.461 e. The molecule has 150 valence electrons. The van der Waals surface area contributed by atoms with Gasteiger partial charge in [-0.1, -0.05) is 20.4 Å². The molecule has 0 radical (unpaired) electrons. The summed E-state index contributed by atoms with van der Waals surface area (Å²) in [5, 5.41) is 21.5. The van der Waals surface area contributed by atoms with E-state index in [-0.39, 0.29) is 12.0 Å². The van der Waals surface area contributed by atoms with Crippen molar-refractivity contribution in [1.29, 1.82) is 0 Å². The van der Waals surface area contributed by atoms with E-state index in [1.807, 2.05) is 0 Å². The molecule has 2 aliphatic carbocycles. The Morgan fingerprint density at radius 3 is 2.37 bits per heavy atom. The van der Waals surface area contributed by atoms with E-state index in [1.165, 1.54) is 13.8 Å². The van der Waals surface area contributed by atoms with Gasteiger partial charge in [-0.15, -0.1) is 0 Å². The average Bonchev–Trinajstić information content (AvgIpc) is 2.93. The van der Waals surface area contributed by atoms with E-state index < -0.39 is 71.6 Å². The van der Waals surface area contributed by atoms with Crippen molar-refractivity contribution in [2.75, 3.05) is 0 Å². The van der Waals surface area contributed by atoms with Gasteiger partial charge in [0.1, 0.15) is 18.3 Å². The van der Waals surface area contributed by atoms with E-state index in [9.17, 15) is 24.6 Å². The van der Waals surface area contributed by atoms with Gasteiger partial charge in [0.25, 0.3) is 0 Å². The van der Waals surface area contributed by atoms with Gasteiger partial charge in [-0.25, -0.2) is 4.79 Å². The van der Waals surface area contributed by atoms with Gasteiger partial charge in [0, 0.05) is 43.1 Å². The normalized spacial score (nSPS) is 46.1. The number of fused-ring (bicyclic) bond motifs is 2. The van der Waals surface area contributed by atoms with E-state index >= 15 is 0 Å². The van der Waals surface area contributed by atoms with Crippen molar-refractivity contribution < 1.29 is 38.8 Å². The molecule has 2 saturated carbocycles. The van der Waals surface area contributed by atoms with Gasteiger partial charge >= 0.3 is 17.9 Å². The van der Waals surface area contributed by atoms with E-state index in [1.54, 1.807) is 13.8 Å². The number of ether oxygens (including phenoxy) is 3. The summed E-state index contributed by atoms with van der Waals surface area (Å²) in [5.41, 5.74) is -0.967. The number of aliphatic hydroxyl groups excluding tert-OH is 2. The Labute approximate surface area is 157 Å². The van der Waals surface area contributed by atoms with Crippen molar-refractivity contribution in [3.8, 4) is 0 Å². The van der Waals surface area contributed by atoms with Gasteiger partial charge in [0.2, 0.25) is 0 Å². The fourth-order valence-electron chi connectivity index (χ4n) is 5.43. The molecule has 3 aliphatic rings. The lowest BCUT2D eigenvalue weighted by Gasteiger charge is -2.43. The summed E-state index contributed by atoms with van der Waals surface area (Å²) >= 11 is 0. The Hall–Kier alpha value is -1.93. The second kappa shape index (κ2) is 6.60. The van der Waals surface area contributed by atoms with Crippen molar-refractivity contribution in [2.24, 2.45) is 23.2 Å². The van der Waals surface area contributed by atoms with Crippen LogP contribution in [0.1, 0.15) is 34.1 Å². The first-order valence-electron chi connectivity index (χ1n) is 9.10. The summed E-state index contributed by atoms with van der Waals surface area (Å²) in [7, 11) is 0. The zero-order valence-electron chi connectivity index (χ0n) is 15.9. The van der Waals surface area contributed by atoms with E-state index in [0.29, 0.717) is 0 Å². The van der Waals surface area contributed by atoms with Gasteiger partial charge < -0.3 is 24.4 Å². The lowest BCUT2D eigenvalue weighted by molar-refractivity contribution is -0.170. The van der Waals surface area contributed by atoms with Crippen LogP contribution in [-0.4, -0.2) is 58.6 Å². The highest BCUT2D eigenvalue weighted by Gasteiger charge is 2.68. The number of hydrogen-bond donors (Lipinski definition) is 2. The monoisotopic (exact) mass is 382 g/mol. The molecule has 0 bridgehead atoms. The first kappa shape index (κ1) is 19.8. The third-order valence-electron chi connectivity index (χ3n) is 6.52. The number of aliphatic hydroxyl groups is 2. The van der Waals surface area contributed by atoms with Crippen LogP contribution < -0.4 is 0 Å². The maximum atomic E-state index is 12.2. The molecular formula is C19H26O8. The summed E-state index contributed by atoms with van der Waals surface area (Å²) in [6.07, 6.45) is -4.51. The average molecular weight is 382 g/mol. The van der Waals surface area contributed by atoms with Gasteiger partial charge in [-0.3, -0.25) is 9.59 Å². The Morgan fingerprint density at radius 1 is 1.22 bits per heavy atom. The molecule has 1 heterocycles. The standard InChI is InChI=1S/C19H26O8/c1-7-13-16(27-18(7)24)15(25-9(3)20)8(2)14-11(22)6-12(23)19(14,5)17(13)26-10(4)21/h8,11-17,22-23H,1,6H2,2-5H3. The zero-order valence-corrected chi connectivity index (χ0v) is 15.9.